The van der Waals surface area contributed by atoms with Crippen LogP contribution in [0.1, 0.15) is 18.4 Å². The number of aliphatic carboxylic acids is 2. The summed E-state index contributed by atoms with van der Waals surface area (Å²) in [6, 6.07) is 3.64. The first-order valence-electron chi connectivity index (χ1n) is 6.58. The average molecular weight is 310 g/mol. The number of benzene rings is 1. The van der Waals surface area contributed by atoms with Gasteiger partial charge in [-0.2, -0.15) is 0 Å². The summed E-state index contributed by atoms with van der Waals surface area (Å²) in [6.45, 7) is 0. The molecule has 1 amide bonds. The molecule has 0 heterocycles. The van der Waals surface area contributed by atoms with Crippen molar-refractivity contribution in [2.45, 2.75) is 31.3 Å². The van der Waals surface area contributed by atoms with Crippen LogP contribution in [-0.2, 0) is 20.8 Å². The highest BCUT2D eigenvalue weighted by molar-refractivity contribution is 5.84. The molecule has 0 aliphatic carbocycles. The molecule has 0 fully saturated rings. The topological polar surface area (TPSA) is 150 Å². The second kappa shape index (κ2) is 7.99. The molecule has 8 heteroatoms. The third-order valence-electron chi connectivity index (χ3n) is 3.01. The van der Waals surface area contributed by atoms with Gasteiger partial charge in [-0.25, -0.2) is 4.79 Å². The van der Waals surface area contributed by atoms with Crippen molar-refractivity contribution in [3.05, 3.63) is 29.8 Å². The Balaban J connectivity index is 2.57. The molecule has 2 unspecified atom stereocenters. The monoisotopic (exact) mass is 310 g/mol. The third-order valence-corrected chi connectivity index (χ3v) is 3.01. The molecule has 1 rings (SSSR count). The van der Waals surface area contributed by atoms with Crippen molar-refractivity contribution >= 4 is 17.8 Å². The first-order valence-corrected chi connectivity index (χ1v) is 6.58. The maximum atomic E-state index is 11.7. The highest BCUT2D eigenvalue weighted by atomic mass is 16.4. The fourth-order valence-corrected chi connectivity index (χ4v) is 1.74. The van der Waals surface area contributed by atoms with E-state index < -0.39 is 29.9 Å². The minimum Gasteiger partial charge on any atom is -0.508 e. The Morgan fingerprint density at radius 3 is 2.18 bits per heavy atom. The molecule has 0 aromatic heterocycles. The van der Waals surface area contributed by atoms with Gasteiger partial charge in [-0.05, 0) is 24.1 Å². The summed E-state index contributed by atoms with van der Waals surface area (Å²) >= 11 is 0. The average Bonchev–Trinajstić information content (AvgIpc) is 2.46. The number of aromatic hydroxyl groups is 1. The van der Waals surface area contributed by atoms with Gasteiger partial charge in [0.15, 0.2) is 0 Å². The molecule has 0 bridgehead atoms. The fourth-order valence-electron chi connectivity index (χ4n) is 1.74. The number of carboxylic acid groups (broad SMARTS) is 2. The smallest absolute Gasteiger partial charge is 0.326 e. The van der Waals surface area contributed by atoms with Crippen LogP contribution in [-0.4, -0.2) is 45.2 Å². The maximum absolute atomic E-state index is 11.7. The number of phenols is 1. The number of rotatable bonds is 8. The van der Waals surface area contributed by atoms with Crippen molar-refractivity contribution in [2.75, 3.05) is 0 Å². The van der Waals surface area contributed by atoms with Crippen LogP contribution in [0.25, 0.3) is 0 Å². The predicted octanol–water partition coefficient (Wildman–Crippen LogP) is -0.304. The quantitative estimate of drug-likeness (QED) is 0.442. The van der Waals surface area contributed by atoms with Crippen LogP contribution in [0.2, 0.25) is 0 Å². The molecule has 0 saturated carbocycles. The number of hydrogen-bond donors (Lipinski definition) is 5. The molecule has 0 radical (unpaired) electrons. The summed E-state index contributed by atoms with van der Waals surface area (Å²) in [5.74, 6) is -2.94. The van der Waals surface area contributed by atoms with Crippen LogP contribution < -0.4 is 11.1 Å². The predicted molar refractivity (Wildman–Crippen MR) is 76.2 cm³/mol. The van der Waals surface area contributed by atoms with E-state index in [0.717, 1.165) is 0 Å². The van der Waals surface area contributed by atoms with Crippen LogP contribution in [0.5, 0.6) is 5.75 Å². The SMILES string of the molecule is NC(CCC(=O)NC(Cc1ccc(O)cc1)C(=O)O)C(=O)O. The lowest BCUT2D eigenvalue weighted by atomic mass is 10.1. The van der Waals surface area contributed by atoms with Gasteiger partial charge in [-0.1, -0.05) is 12.1 Å². The molecule has 8 nitrogen and oxygen atoms in total. The van der Waals surface area contributed by atoms with Gasteiger partial charge in [0.25, 0.3) is 0 Å². The van der Waals surface area contributed by atoms with Crippen LogP contribution in [0.3, 0.4) is 0 Å². The van der Waals surface area contributed by atoms with Gasteiger partial charge < -0.3 is 26.4 Å². The Morgan fingerprint density at radius 1 is 1.09 bits per heavy atom. The molecule has 1 aromatic carbocycles. The Hall–Kier alpha value is -2.61. The van der Waals surface area contributed by atoms with E-state index in [2.05, 4.69) is 5.32 Å². The molecule has 0 spiro atoms. The van der Waals surface area contributed by atoms with Gasteiger partial charge in [-0.15, -0.1) is 0 Å². The zero-order valence-electron chi connectivity index (χ0n) is 11.7. The highest BCUT2D eigenvalue weighted by Crippen LogP contribution is 2.11. The van der Waals surface area contributed by atoms with Gasteiger partial charge in [0.05, 0.1) is 0 Å². The summed E-state index contributed by atoms with van der Waals surface area (Å²) in [7, 11) is 0. The van der Waals surface area contributed by atoms with Crippen LogP contribution in [0.15, 0.2) is 24.3 Å². The van der Waals surface area contributed by atoms with Crippen molar-refractivity contribution in [1.29, 1.82) is 0 Å². The number of amides is 1. The van der Waals surface area contributed by atoms with E-state index in [1.54, 1.807) is 12.1 Å². The summed E-state index contributed by atoms with van der Waals surface area (Å²) in [5, 5.41) is 29.2. The summed E-state index contributed by atoms with van der Waals surface area (Å²) in [4.78, 5) is 33.4. The Kier molecular flexibility index (Phi) is 6.33. The molecular formula is C14H18N2O6. The zero-order valence-corrected chi connectivity index (χ0v) is 11.7. The first-order chi connectivity index (χ1) is 10.3. The number of phenolic OH excluding ortho intramolecular Hbond substituents is 1. The number of carbonyl (C=O) groups is 3. The third kappa shape index (κ3) is 5.80. The van der Waals surface area contributed by atoms with Crippen molar-refractivity contribution in [3.63, 3.8) is 0 Å². The number of nitrogens with two attached hydrogens (primary N) is 1. The van der Waals surface area contributed by atoms with E-state index >= 15 is 0 Å². The molecule has 0 aliphatic heterocycles. The molecule has 120 valence electrons. The number of hydrogen-bond acceptors (Lipinski definition) is 5. The van der Waals surface area contributed by atoms with E-state index in [0.29, 0.717) is 5.56 Å². The fraction of sp³-hybridized carbons (Fsp3) is 0.357. The van der Waals surface area contributed by atoms with Gasteiger partial charge in [-0.3, -0.25) is 9.59 Å². The minimum atomic E-state index is -1.22. The largest absolute Gasteiger partial charge is 0.508 e. The van der Waals surface area contributed by atoms with Crippen molar-refractivity contribution < 1.29 is 29.7 Å². The molecule has 1 aromatic rings. The lowest BCUT2D eigenvalue weighted by molar-refractivity contribution is -0.142. The number of nitrogens with one attached hydrogen (secondary N) is 1. The van der Waals surface area contributed by atoms with Crippen LogP contribution in [0.4, 0.5) is 0 Å². The van der Waals surface area contributed by atoms with E-state index in [1.165, 1.54) is 12.1 Å². The number of carboxylic acids is 2. The second-order valence-electron chi connectivity index (χ2n) is 4.81. The van der Waals surface area contributed by atoms with Gasteiger partial charge in [0, 0.05) is 12.8 Å². The summed E-state index contributed by atoms with van der Waals surface area (Å²) in [6.07, 6.45) is -0.203. The molecule has 0 saturated heterocycles. The second-order valence-corrected chi connectivity index (χ2v) is 4.81. The lowest BCUT2D eigenvalue weighted by Crippen LogP contribution is -2.43. The van der Waals surface area contributed by atoms with Gasteiger partial charge in [0.1, 0.15) is 17.8 Å². The van der Waals surface area contributed by atoms with Crippen LogP contribution in [0, 0.1) is 0 Å². The van der Waals surface area contributed by atoms with Crippen molar-refractivity contribution in [2.24, 2.45) is 5.73 Å². The first kappa shape index (κ1) is 17.4. The number of carbonyl (C=O) groups excluding carboxylic acids is 1. The molecule has 2 atom stereocenters. The van der Waals surface area contributed by atoms with E-state index in [-0.39, 0.29) is 25.0 Å². The molecular weight excluding hydrogens is 292 g/mol. The molecule has 22 heavy (non-hydrogen) atoms. The highest BCUT2D eigenvalue weighted by Gasteiger charge is 2.21. The maximum Gasteiger partial charge on any atom is 0.326 e. The van der Waals surface area contributed by atoms with Crippen molar-refractivity contribution in [3.8, 4) is 5.75 Å². The van der Waals surface area contributed by atoms with Gasteiger partial charge in [0.2, 0.25) is 5.91 Å². The van der Waals surface area contributed by atoms with E-state index in [1.807, 2.05) is 0 Å². The van der Waals surface area contributed by atoms with Crippen molar-refractivity contribution in [1.82, 2.24) is 5.32 Å². The summed E-state index contributed by atoms with van der Waals surface area (Å²) in [5.41, 5.74) is 5.91. The normalized spacial score (nSPS) is 13.1. The Bertz CT molecular complexity index is 543. The Morgan fingerprint density at radius 2 is 1.68 bits per heavy atom. The lowest BCUT2D eigenvalue weighted by Gasteiger charge is -2.15. The molecule has 0 aliphatic rings. The Labute approximate surface area is 126 Å². The van der Waals surface area contributed by atoms with Crippen LogP contribution >= 0.6 is 0 Å². The minimum absolute atomic E-state index is 0.0480. The standard InChI is InChI=1S/C14H18N2O6/c15-10(13(19)20)5-6-12(18)16-11(14(21)22)7-8-1-3-9(17)4-2-8/h1-4,10-11,17H,5-7,15H2,(H,16,18)(H,19,20)(H,21,22). The summed E-state index contributed by atoms with van der Waals surface area (Å²) < 4.78 is 0. The van der Waals surface area contributed by atoms with E-state index in [4.69, 9.17) is 21.1 Å². The molecule has 6 N–H and O–H groups in total. The van der Waals surface area contributed by atoms with E-state index in [9.17, 15) is 14.4 Å². The van der Waals surface area contributed by atoms with Gasteiger partial charge >= 0.3 is 11.9 Å². The zero-order chi connectivity index (χ0) is 16.7.